The van der Waals surface area contributed by atoms with Gasteiger partial charge in [-0.2, -0.15) is 0 Å². The molecule has 0 saturated heterocycles. The van der Waals surface area contributed by atoms with Gasteiger partial charge >= 0.3 is 0 Å². The molecular formula is C11H13NO3. The van der Waals surface area contributed by atoms with Crippen molar-refractivity contribution in [3.8, 4) is 17.2 Å². The summed E-state index contributed by atoms with van der Waals surface area (Å²) < 4.78 is 10.7. The molecule has 80 valence electrons. The third kappa shape index (κ3) is 1.11. The van der Waals surface area contributed by atoms with Gasteiger partial charge in [-0.25, -0.2) is 0 Å². The summed E-state index contributed by atoms with van der Waals surface area (Å²) in [6, 6.07) is 3.38. The first-order chi connectivity index (χ1) is 7.27. The zero-order chi connectivity index (χ0) is 10.5. The van der Waals surface area contributed by atoms with Crippen LogP contribution in [0.2, 0.25) is 0 Å². The van der Waals surface area contributed by atoms with Gasteiger partial charge in [-0.05, 0) is 25.0 Å². The Kier molecular flexibility index (Phi) is 1.65. The molecule has 1 aliphatic carbocycles. The van der Waals surface area contributed by atoms with Gasteiger partial charge in [0.25, 0.3) is 0 Å². The molecule has 1 aromatic rings. The van der Waals surface area contributed by atoms with E-state index in [1.54, 1.807) is 12.1 Å². The van der Waals surface area contributed by atoms with Gasteiger partial charge in [0.2, 0.25) is 6.79 Å². The lowest BCUT2D eigenvalue weighted by Crippen LogP contribution is -2.20. The molecule has 0 amide bonds. The summed E-state index contributed by atoms with van der Waals surface area (Å²) >= 11 is 0. The molecule has 1 aliphatic heterocycles. The van der Waals surface area contributed by atoms with E-state index in [4.69, 9.17) is 15.2 Å². The topological polar surface area (TPSA) is 64.7 Å². The van der Waals surface area contributed by atoms with Crippen molar-refractivity contribution in [1.29, 1.82) is 0 Å². The van der Waals surface area contributed by atoms with E-state index in [2.05, 4.69) is 0 Å². The fourth-order valence-corrected chi connectivity index (χ4v) is 2.18. The van der Waals surface area contributed by atoms with E-state index >= 15 is 0 Å². The highest BCUT2D eigenvalue weighted by atomic mass is 16.7. The van der Waals surface area contributed by atoms with Crippen molar-refractivity contribution in [1.82, 2.24) is 0 Å². The number of rotatable bonds is 2. The van der Waals surface area contributed by atoms with Crippen LogP contribution in [0.1, 0.15) is 18.4 Å². The normalized spacial score (nSPS) is 20.3. The molecule has 0 unspecified atom stereocenters. The third-order valence-electron chi connectivity index (χ3n) is 3.29. The van der Waals surface area contributed by atoms with Crippen LogP contribution in [-0.4, -0.2) is 18.4 Å². The lowest BCUT2D eigenvalue weighted by molar-refractivity contribution is 0.172. The van der Waals surface area contributed by atoms with Crippen LogP contribution in [0.3, 0.4) is 0 Å². The highest BCUT2D eigenvalue weighted by Crippen LogP contribution is 2.56. The number of benzene rings is 1. The maximum Gasteiger partial charge on any atom is 0.231 e. The lowest BCUT2D eigenvalue weighted by atomic mass is 9.94. The summed E-state index contributed by atoms with van der Waals surface area (Å²) in [4.78, 5) is 0. The molecular weight excluding hydrogens is 194 g/mol. The van der Waals surface area contributed by atoms with Gasteiger partial charge in [0.1, 0.15) is 5.75 Å². The highest BCUT2D eigenvalue weighted by Gasteiger charge is 2.48. The molecule has 1 heterocycles. The van der Waals surface area contributed by atoms with Crippen molar-refractivity contribution in [3.63, 3.8) is 0 Å². The van der Waals surface area contributed by atoms with Crippen LogP contribution in [0.25, 0.3) is 0 Å². The molecule has 4 heteroatoms. The Labute approximate surface area is 87.6 Å². The first-order valence-electron chi connectivity index (χ1n) is 5.09. The van der Waals surface area contributed by atoms with Gasteiger partial charge in [-0.1, -0.05) is 0 Å². The zero-order valence-corrected chi connectivity index (χ0v) is 8.32. The lowest BCUT2D eigenvalue weighted by Gasteiger charge is -2.16. The van der Waals surface area contributed by atoms with Gasteiger partial charge in [0.15, 0.2) is 11.5 Å². The van der Waals surface area contributed by atoms with Crippen molar-refractivity contribution in [2.45, 2.75) is 18.3 Å². The van der Waals surface area contributed by atoms with E-state index in [1.807, 2.05) is 0 Å². The average molecular weight is 207 g/mol. The molecule has 0 spiro atoms. The molecule has 3 rings (SSSR count). The van der Waals surface area contributed by atoms with Crippen LogP contribution in [0.5, 0.6) is 17.2 Å². The monoisotopic (exact) mass is 207 g/mol. The van der Waals surface area contributed by atoms with Crippen LogP contribution in [0.15, 0.2) is 12.1 Å². The van der Waals surface area contributed by atoms with Crippen LogP contribution in [-0.2, 0) is 5.41 Å². The van der Waals surface area contributed by atoms with Crippen LogP contribution < -0.4 is 15.2 Å². The minimum absolute atomic E-state index is 0.0802. The van der Waals surface area contributed by atoms with E-state index in [-0.39, 0.29) is 18.0 Å². The first kappa shape index (κ1) is 8.85. The van der Waals surface area contributed by atoms with E-state index in [9.17, 15) is 5.11 Å². The Hall–Kier alpha value is -1.42. The van der Waals surface area contributed by atoms with Crippen molar-refractivity contribution in [3.05, 3.63) is 17.7 Å². The zero-order valence-electron chi connectivity index (χ0n) is 8.32. The standard InChI is InChI=1S/C11H13NO3/c12-5-11(3-4-11)9-7(13)1-2-8-10(9)15-6-14-8/h1-2,13H,3-6,12H2. The predicted molar refractivity (Wildman–Crippen MR) is 54.2 cm³/mol. The summed E-state index contributed by atoms with van der Waals surface area (Å²) in [6.45, 7) is 0.771. The molecule has 2 aliphatic rings. The number of phenolic OH excluding ortho intramolecular Hbond substituents is 1. The maximum absolute atomic E-state index is 9.89. The summed E-state index contributed by atoms with van der Waals surface area (Å²) in [5, 5.41) is 9.89. The minimum atomic E-state index is -0.0802. The number of fused-ring (bicyclic) bond motifs is 1. The SMILES string of the molecule is NCC1(c2c(O)ccc3c2OCO3)CC1. The fraction of sp³-hybridized carbons (Fsp3) is 0.455. The molecule has 0 radical (unpaired) electrons. The molecule has 1 saturated carbocycles. The second-order valence-corrected chi connectivity index (χ2v) is 4.18. The number of hydrogen-bond acceptors (Lipinski definition) is 4. The maximum atomic E-state index is 9.89. The van der Waals surface area contributed by atoms with Crippen LogP contribution in [0, 0.1) is 0 Å². The van der Waals surface area contributed by atoms with E-state index in [0.29, 0.717) is 18.0 Å². The smallest absolute Gasteiger partial charge is 0.231 e. The predicted octanol–water partition coefficient (Wildman–Crippen LogP) is 1.11. The van der Waals surface area contributed by atoms with E-state index < -0.39 is 0 Å². The number of ether oxygens (including phenoxy) is 2. The van der Waals surface area contributed by atoms with Gasteiger partial charge in [-0.3, -0.25) is 0 Å². The van der Waals surface area contributed by atoms with E-state index in [1.165, 1.54) is 0 Å². The van der Waals surface area contributed by atoms with Crippen LogP contribution in [0.4, 0.5) is 0 Å². The summed E-state index contributed by atoms with van der Waals surface area (Å²) in [7, 11) is 0. The Morgan fingerprint density at radius 1 is 1.33 bits per heavy atom. The Morgan fingerprint density at radius 3 is 2.80 bits per heavy atom. The Morgan fingerprint density at radius 2 is 2.13 bits per heavy atom. The number of aromatic hydroxyl groups is 1. The molecule has 1 fully saturated rings. The summed E-state index contributed by atoms with van der Waals surface area (Å²) in [5.41, 5.74) is 6.51. The molecule has 0 aromatic heterocycles. The molecule has 15 heavy (non-hydrogen) atoms. The molecule has 0 atom stereocenters. The third-order valence-corrected chi connectivity index (χ3v) is 3.29. The second kappa shape index (κ2) is 2.79. The second-order valence-electron chi connectivity index (χ2n) is 4.18. The van der Waals surface area contributed by atoms with Crippen molar-refractivity contribution < 1.29 is 14.6 Å². The largest absolute Gasteiger partial charge is 0.508 e. The first-order valence-corrected chi connectivity index (χ1v) is 5.09. The molecule has 0 bridgehead atoms. The highest BCUT2D eigenvalue weighted by molar-refractivity contribution is 5.59. The molecule has 1 aromatic carbocycles. The van der Waals surface area contributed by atoms with Gasteiger partial charge in [-0.15, -0.1) is 0 Å². The van der Waals surface area contributed by atoms with Crippen molar-refractivity contribution in [2.75, 3.05) is 13.3 Å². The fourth-order valence-electron chi connectivity index (χ4n) is 2.18. The van der Waals surface area contributed by atoms with Gasteiger partial charge in [0.05, 0.1) is 0 Å². The Balaban J connectivity index is 2.17. The summed E-state index contributed by atoms with van der Waals surface area (Å²) in [5.74, 6) is 1.66. The number of hydrogen-bond donors (Lipinski definition) is 2. The van der Waals surface area contributed by atoms with Crippen LogP contribution >= 0.6 is 0 Å². The van der Waals surface area contributed by atoms with E-state index in [0.717, 1.165) is 18.4 Å². The van der Waals surface area contributed by atoms with Gasteiger partial charge in [0, 0.05) is 17.5 Å². The molecule has 3 N–H and O–H groups in total. The Bertz CT molecular complexity index is 413. The quantitative estimate of drug-likeness (QED) is 0.762. The number of phenols is 1. The van der Waals surface area contributed by atoms with Crippen molar-refractivity contribution in [2.24, 2.45) is 5.73 Å². The van der Waals surface area contributed by atoms with Crippen molar-refractivity contribution >= 4 is 0 Å². The van der Waals surface area contributed by atoms with Gasteiger partial charge < -0.3 is 20.3 Å². The summed E-state index contributed by atoms with van der Waals surface area (Å²) in [6.07, 6.45) is 2.02. The minimum Gasteiger partial charge on any atom is -0.508 e. The molecule has 4 nitrogen and oxygen atoms in total. The number of nitrogens with two attached hydrogens (primary N) is 1. The average Bonchev–Trinajstić information content (AvgIpc) is 2.88.